The molecule has 17 heavy (non-hydrogen) atoms. The van der Waals surface area contributed by atoms with Gasteiger partial charge in [-0.25, -0.2) is 0 Å². The molecule has 1 aromatic carbocycles. The van der Waals surface area contributed by atoms with Crippen LogP contribution in [0.15, 0.2) is 18.2 Å². The standard InChI is InChI=1S/C12H18O5/c1-15-11-3-2-10(9-14)8-12(11)17-7-6-16-5-4-13/h2-3,8,13-14H,4-7,9H2,1H3. The average molecular weight is 242 g/mol. The van der Waals surface area contributed by atoms with Crippen molar-refractivity contribution in [3.8, 4) is 11.5 Å². The van der Waals surface area contributed by atoms with E-state index < -0.39 is 0 Å². The Morgan fingerprint density at radius 1 is 1.06 bits per heavy atom. The maximum absolute atomic E-state index is 9.02. The van der Waals surface area contributed by atoms with Gasteiger partial charge in [-0.15, -0.1) is 0 Å². The van der Waals surface area contributed by atoms with Crippen LogP contribution in [0.2, 0.25) is 0 Å². The lowest BCUT2D eigenvalue weighted by molar-refractivity contribution is 0.0698. The summed E-state index contributed by atoms with van der Waals surface area (Å²) >= 11 is 0. The molecule has 0 saturated heterocycles. The first kappa shape index (κ1) is 13.8. The molecule has 0 saturated carbocycles. The Labute approximate surface area is 101 Å². The number of hydrogen-bond acceptors (Lipinski definition) is 5. The van der Waals surface area contributed by atoms with E-state index in [0.717, 1.165) is 5.56 Å². The van der Waals surface area contributed by atoms with E-state index in [9.17, 15) is 0 Å². The summed E-state index contributed by atoms with van der Waals surface area (Å²) in [6.45, 7) is 1.03. The molecule has 5 nitrogen and oxygen atoms in total. The molecule has 96 valence electrons. The van der Waals surface area contributed by atoms with Crippen LogP contribution in [0.1, 0.15) is 5.56 Å². The van der Waals surface area contributed by atoms with Gasteiger partial charge in [0.1, 0.15) is 6.61 Å². The highest BCUT2D eigenvalue weighted by molar-refractivity contribution is 5.42. The van der Waals surface area contributed by atoms with E-state index >= 15 is 0 Å². The zero-order valence-corrected chi connectivity index (χ0v) is 9.89. The second kappa shape index (κ2) is 7.89. The van der Waals surface area contributed by atoms with Crippen LogP contribution in [0.3, 0.4) is 0 Å². The van der Waals surface area contributed by atoms with E-state index in [4.69, 9.17) is 24.4 Å². The van der Waals surface area contributed by atoms with E-state index in [1.165, 1.54) is 0 Å². The molecule has 0 aliphatic carbocycles. The number of benzene rings is 1. The van der Waals surface area contributed by atoms with Gasteiger partial charge in [0.05, 0.1) is 33.5 Å². The summed E-state index contributed by atoms with van der Waals surface area (Å²) in [4.78, 5) is 0. The third-order valence-electron chi connectivity index (χ3n) is 2.13. The second-order valence-corrected chi connectivity index (χ2v) is 3.33. The monoisotopic (exact) mass is 242 g/mol. The van der Waals surface area contributed by atoms with Crippen LogP contribution < -0.4 is 9.47 Å². The van der Waals surface area contributed by atoms with Crippen LogP contribution in [0.25, 0.3) is 0 Å². The highest BCUT2D eigenvalue weighted by Crippen LogP contribution is 2.27. The number of methoxy groups -OCH3 is 1. The zero-order valence-electron chi connectivity index (χ0n) is 9.89. The Hall–Kier alpha value is -1.30. The molecule has 0 radical (unpaired) electrons. The van der Waals surface area contributed by atoms with Gasteiger partial charge in [-0.05, 0) is 17.7 Å². The fourth-order valence-corrected chi connectivity index (χ4v) is 1.31. The Morgan fingerprint density at radius 3 is 2.53 bits per heavy atom. The van der Waals surface area contributed by atoms with Crippen molar-refractivity contribution < 1.29 is 24.4 Å². The van der Waals surface area contributed by atoms with Crippen molar-refractivity contribution in [2.45, 2.75) is 6.61 Å². The van der Waals surface area contributed by atoms with Crippen molar-refractivity contribution in [1.29, 1.82) is 0 Å². The summed E-state index contributed by atoms with van der Waals surface area (Å²) in [5.41, 5.74) is 0.761. The van der Waals surface area contributed by atoms with Crippen LogP contribution >= 0.6 is 0 Å². The van der Waals surface area contributed by atoms with E-state index in [1.807, 2.05) is 0 Å². The Bertz CT molecular complexity index is 327. The quantitative estimate of drug-likeness (QED) is 0.652. The Kier molecular flexibility index (Phi) is 6.39. The normalized spacial score (nSPS) is 10.3. The number of ether oxygens (including phenoxy) is 3. The first-order valence-corrected chi connectivity index (χ1v) is 5.41. The first-order valence-electron chi connectivity index (χ1n) is 5.41. The fraction of sp³-hybridized carbons (Fsp3) is 0.500. The molecule has 0 fully saturated rings. The molecule has 0 bridgehead atoms. The van der Waals surface area contributed by atoms with Gasteiger partial charge < -0.3 is 24.4 Å². The largest absolute Gasteiger partial charge is 0.493 e. The highest BCUT2D eigenvalue weighted by atomic mass is 16.5. The Morgan fingerprint density at radius 2 is 1.88 bits per heavy atom. The third kappa shape index (κ3) is 4.60. The molecule has 2 N–H and O–H groups in total. The van der Waals surface area contributed by atoms with Gasteiger partial charge in [0.2, 0.25) is 0 Å². The van der Waals surface area contributed by atoms with E-state index in [2.05, 4.69) is 0 Å². The third-order valence-corrected chi connectivity index (χ3v) is 2.13. The average Bonchev–Trinajstić information content (AvgIpc) is 2.38. The predicted molar refractivity (Wildman–Crippen MR) is 62.3 cm³/mol. The highest BCUT2D eigenvalue weighted by Gasteiger charge is 2.05. The molecule has 0 aliphatic rings. The SMILES string of the molecule is COc1ccc(CO)cc1OCCOCCO. The lowest BCUT2D eigenvalue weighted by Gasteiger charge is -2.11. The van der Waals surface area contributed by atoms with Crippen LogP contribution in [-0.4, -0.2) is 43.8 Å². The molecule has 0 aliphatic heterocycles. The van der Waals surface area contributed by atoms with E-state index in [-0.39, 0.29) is 13.2 Å². The molecule has 5 heteroatoms. The number of aliphatic hydroxyl groups excluding tert-OH is 2. The van der Waals surface area contributed by atoms with Crippen molar-refractivity contribution in [3.05, 3.63) is 23.8 Å². The van der Waals surface area contributed by atoms with Crippen LogP contribution in [0.5, 0.6) is 11.5 Å². The van der Waals surface area contributed by atoms with Crippen LogP contribution in [0.4, 0.5) is 0 Å². The van der Waals surface area contributed by atoms with Gasteiger partial charge in [-0.3, -0.25) is 0 Å². The minimum Gasteiger partial charge on any atom is -0.493 e. The maximum atomic E-state index is 9.02. The predicted octanol–water partition coefficient (Wildman–Crippen LogP) is 0.575. The number of rotatable bonds is 8. The molecule has 0 unspecified atom stereocenters. The lowest BCUT2D eigenvalue weighted by atomic mass is 10.2. The molecule has 1 rings (SSSR count). The second-order valence-electron chi connectivity index (χ2n) is 3.33. The van der Waals surface area contributed by atoms with Crippen molar-refractivity contribution in [1.82, 2.24) is 0 Å². The summed E-state index contributed by atoms with van der Waals surface area (Å²) in [6, 6.07) is 5.24. The van der Waals surface area contributed by atoms with Gasteiger partial charge in [0.15, 0.2) is 11.5 Å². The van der Waals surface area contributed by atoms with Gasteiger partial charge in [0.25, 0.3) is 0 Å². The molecular formula is C12H18O5. The number of hydrogen-bond donors (Lipinski definition) is 2. The molecule has 0 aromatic heterocycles. The van der Waals surface area contributed by atoms with Crippen LogP contribution in [-0.2, 0) is 11.3 Å². The molecule has 1 aromatic rings. The molecule has 0 atom stereocenters. The van der Waals surface area contributed by atoms with Crippen molar-refractivity contribution >= 4 is 0 Å². The first-order chi connectivity index (χ1) is 8.31. The summed E-state index contributed by atoms with van der Waals surface area (Å²) in [5.74, 6) is 1.19. The van der Waals surface area contributed by atoms with Crippen molar-refractivity contribution in [2.75, 3.05) is 33.5 Å². The summed E-state index contributed by atoms with van der Waals surface area (Å²) in [7, 11) is 1.56. The van der Waals surface area contributed by atoms with Gasteiger partial charge in [-0.2, -0.15) is 0 Å². The molecular weight excluding hydrogens is 224 g/mol. The van der Waals surface area contributed by atoms with Gasteiger partial charge >= 0.3 is 0 Å². The summed E-state index contributed by atoms with van der Waals surface area (Å²) in [6.07, 6.45) is 0. The maximum Gasteiger partial charge on any atom is 0.161 e. The Balaban J connectivity index is 2.49. The zero-order chi connectivity index (χ0) is 12.5. The van der Waals surface area contributed by atoms with Gasteiger partial charge in [0, 0.05) is 0 Å². The number of aliphatic hydroxyl groups is 2. The van der Waals surface area contributed by atoms with Gasteiger partial charge in [-0.1, -0.05) is 6.07 Å². The lowest BCUT2D eigenvalue weighted by Crippen LogP contribution is -2.09. The molecule has 0 heterocycles. The van der Waals surface area contributed by atoms with E-state index in [0.29, 0.717) is 31.3 Å². The molecule has 0 spiro atoms. The molecule has 0 amide bonds. The summed E-state index contributed by atoms with van der Waals surface area (Å²) in [5, 5.41) is 17.5. The smallest absolute Gasteiger partial charge is 0.161 e. The van der Waals surface area contributed by atoms with Crippen molar-refractivity contribution in [2.24, 2.45) is 0 Å². The van der Waals surface area contributed by atoms with E-state index in [1.54, 1.807) is 25.3 Å². The minimum atomic E-state index is -0.0403. The topological polar surface area (TPSA) is 68.2 Å². The minimum absolute atomic E-state index is 0.00329. The van der Waals surface area contributed by atoms with Crippen LogP contribution in [0, 0.1) is 0 Å². The summed E-state index contributed by atoms with van der Waals surface area (Å²) < 4.78 is 15.7. The van der Waals surface area contributed by atoms with Crippen molar-refractivity contribution in [3.63, 3.8) is 0 Å². The fourth-order valence-electron chi connectivity index (χ4n) is 1.31.